The summed E-state index contributed by atoms with van der Waals surface area (Å²) in [7, 11) is 0. The summed E-state index contributed by atoms with van der Waals surface area (Å²) in [4.78, 5) is 22.2. The van der Waals surface area contributed by atoms with E-state index in [1.807, 2.05) is 12.1 Å². The summed E-state index contributed by atoms with van der Waals surface area (Å²) in [5.41, 5.74) is 2.63. The highest BCUT2D eigenvalue weighted by molar-refractivity contribution is 9.10. The third kappa shape index (κ3) is 3.26. The molecule has 3 rings (SSSR count). The van der Waals surface area contributed by atoms with Gasteiger partial charge in [0, 0.05) is 34.6 Å². The summed E-state index contributed by atoms with van der Waals surface area (Å²) < 4.78 is 6.61. The van der Waals surface area contributed by atoms with E-state index < -0.39 is 4.92 Å². The van der Waals surface area contributed by atoms with Gasteiger partial charge in [-0.3, -0.25) is 14.9 Å². The maximum Gasteiger partial charge on any atom is 0.293 e. The van der Waals surface area contributed by atoms with Crippen molar-refractivity contribution in [3.8, 4) is 5.75 Å². The van der Waals surface area contributed by atoms with E-state index >= 15 is 0 Å². The summed E-state index contributed by atoms with van der Waals surface area (Å²) in [6, 6.07) is 8.41. The maximum atomic E-state index is 11.4. The molecule has 1 N–H and O–H groups in total. The second-order valence-electron chi connectivity index (χ2n) is 5.55. The lowest BCUT2D eigenvalue weighted by Crippen LogP contribution is -2.05. The van der Waals surface area contributed by atoms with Crippen LogP contribution < -0.4 is 10.1 Å². The van der Waals surface area contributed by atoms with Gasteiger partial charge in [-0.05, 0) is 36.8 Å². The van der Waals surface area contributed by atoms with Gasteiger partial charge in [0.25, 0.3) is 5.69 Å². The molecule has 0 saturated heterocycles. The number of fused-ring (bicyclic) bond motifs is 1. The van der Waals surface area contributed by atoms with Gasteiger partial charge >= 0.3 is 0 Å². The van der Waals surface area contributed by atoms with E-state index in [1.54, 1.807) is 12.1 Å². The van der Waals surface area contributed by atoms with Gasteiger partial charge in [0.15, 0.2) is 5.78 Å². The van der Waals surface area contributed by atoms with Gasteiger partial charge in [0.2, 0.25) is 0 Å². The van der Waals surface area contributed by atoms with Crippen molar-refractivity contribution < 1.29 is 14.5 Å². The minimum absolute atomic E-state index is 0.115. The van der Waals surface area contributed by atoms with Crippen LogP contribution in [0.25, 0.3) is 0 Å². The molecule has 0 radical (unpaired) electrons. The minimum Gasteiger partial charge on any atom is -0.493 e. The molecule has 1 aliphatic rings. The SMILES string of the molecule is CC(=O)c1ccc(NCc2cc(Br)cc3c2OCC3)c([N+](=O)[O-])c1. The molecule has 0 aliphatic carbocycles. The van der Waals surface area contributed by atoms with Crippen LogP contribution in [0.4, 0.5) is 11.4 Å². The van der Waals surface area contributed by atoms with Crippen LogP contribution in [0.2, 0.25) is 0 Å². The molecule has 0 bridgehead atoms. The van der Waals surface area contributed by atoms with Gasteiger partial charge in [0.05, 0.1) is 11.5 Å². The van der Waals surface area contributed by atoms with Crippen molar-refractivity contribution in [2.24, 2.45) is 0 Å². The molecule has 1 heterocycles. The molecule has 0 saturated carbocycles. The molecule has 0 spiro atoms. The van der Waals surface area contributed by atoms with Crippen molar-refractivity contribution >= 4 is 33.1 Å². The third-order valence-electron chi connectivity index (χ3n) is 3.90. The van der Waals surface area contributed by atoms with Gasteiger partial charge in [0.1, 0.15) is 11.4 Å². The summed E-state index contributed by atoms with van der Waals surface area (Å²) in [5, 5.41) is 14.4. The molecule has 0 fully saturated rings. The smallest absolute Gasteiger partial charge is 0.293 e. The highest BCUT2D eigenvalue weighted by Crippen LogP contribution is 2.34. The van der Waals surface area contributed by atoms with Crippen molar-refractivity contribution in [3.63, 3.8) is 0 Å². The Morgan fingerprint density at radius 2 is 2.17 bits per heavy atom. The number of hydrogen-bond donors (Lipinski definition) is 1. The number of Topliss-reactive ketones (excluding diaryl/α,β-unsaturated/α-hetero) is 1. The van der Waals surface area contributed by atoms with Crippen LogP contribution in [0.3, 0.4) is 0 Å². The lowest BCUT2D eigenvalue weighted by molar-refractivity contribution is -0.384. The van der Waals surface area contributed by atoms with Gasteiger partial charge in [-0.1, -0.05) is 15.9 Å². The normalized spacial score (nSPS) is 12.4. The number of halogens is 1. The number of nitro benzene ring substituents is 1. The highest BCUT2D eigenvalue weighted by atomic mass is 79.9. The second kappa shape index (κ2) is 6.60. The van der Waals surface area contributed by atoms with E-state index in [-0.39, 0.29) is 11.5 Å². The highest BCUT2D eigenvalue weighted by Gasteiger charge is 2.19. The van der Waals surface area contributed by atoms with Crippen LogP contribution >= 0.6 is 15.9 Å². The molecule has 2 aromatic rings. The zero-order valence-corrected chi connectivity index (χ0v) is 14.6. The molecule has 0 amide bonds. The maximum absolute atomic E-state index is 11.4. The van der Waals surface area contributed by atoms with Crippen LogP contribution in [-0.2, 0) is 13.0 Å². The number of hydrogen-bond acceptors (Lipinski definition) is 5. The Bertz CT molecular complexity index is 836. The number of carbonyl (C=O) groups excluding carboxylic acids is 1. The summed E-state index contributed by atoms with van der Waals surface area (Å²) in [6.07, 6.45) is 0.856. The topological polar surface area (TPSA) is 81.5 Å². The number of nitrogens with zero attached hydrogens (tertiary/aromatic N) is 1. The number of anilines is 1. The average molecular weight is 391 g/mol. The van der Waals surface area contributed by atoms with Gasteiger partial charge < -0.3 is 10.1 Å². The molecular formula is C17H15BrN2O4. The van der Waals surface area contributed by atoms with Crippen LogP contribution in [0, 0.1) is 10.1 Å². The molecular weight excluding hydrogens is 376 g/mol. The Labute approximate surface area is 147 Å². The predicted octanol–water partition coefficient (Wildman–Crippen LogP) is 4.11. The largest absolute Gasteiger partial charge is 0.493 e. The van der Waals surface area contributed by atoms with E-state index in [1.165, 1.54) is 13.0 Å². The Balaban J connectivity index is 1.88. The summed E-state index contributed by atoms with van der Waals surface area (Å²) in [5.74, 6) is 0.636. The Morgan fingerprint density at radius 1 is 1.38 bits per heavy atom. The van der Waals surface area contributed by atoms with Gasteiger partial charge in [-0.25, -0.2) is 0 Å². The van der Waals surface area contributed by atoms with Crippen molar-refractivity contribution in [2.75, 3.05) is 11.9 Å². The van der Waals surface area contributed by atoms with E-state index in [0.717, 1.165) is 27.8 Å². The molecule has 124 valence electrons. The monoisotopic (exact) mass is 390 g/mol. The molecule has 1 aliphatic heterocycles. The third-order valence-corrected chi connectivity index (χ3v) is 4.35. The van der Waals surface area contributed by atoms with Crippen molar-refractivity contribution in [3.05, 3.63) is 61.6 Å². The van der Waals surface area contributed by atoms with Crippen LogP contribution in [0.1, 0.15) is 28.4 Å². The van der Waals surface area contributed by atoms with Gasteiger partial charge in [-0.15, -0.1) is 0 Å². The Kier molecular flexibility index (Phi) is 4.53. The van der Waals surface area contributed by atoms with Crippen LogP contribution in [0.5, 0.6) is 5.75 Å². The Morgan fingerprint density at radius 3 is 2.88 bits per heavy atom. The zero-order valence-electron chi connectivity index (χ0n) is 13.0. The van der Waals surface area contributed by atoms with E-state index in [4.69, 9.17) is 4.74 Å². The number of ketones is 1. The first kappa shape index (κ1) is 16.4. The fraction of sp³-hybridized carbons (Fsp3) is 0.235. The van der Waals surface area contributed by atoms with Gasteiger partial charge in [-0.2, -0.15) is 0 Å². The zero-order chi connectivity index (χ0) is 17.3. The van der Waals surface area contributed by atoms with E-state index in [0.29, 0.717) is 24.4 Å². The first-order valence-electron chi connectivity index (χ1n) is 7.43. The molecule has 0 aromatic heterocycles. The van der Waals surface area contributed by atoms with Crippen LogP contribution in [-0.4, -0.2) is 17.3 Å². The number of nitrogens with one attached hydrogen (secondary N) is 1. The predicted molar refractivity (Wildman–Crippen MR) is 93.8 cm³/mol. The quantitative estimate of drug-likeness (QED) is 0.471. The Hall–Kier alpha value is -2.41. The fourth-order valence-corrected chi connectivity index (χ4v) is 3.27. The number of nitro groups is 1. The first-order valence-corrected chi connectivity index (χ1v) is 8.22. The number of benzene rings is 2. The number of carbonyl (C=O) groups is 1. The van der Waals surface area contributed by atoms with Crippen molar-refractivity contribution in [2.45, 2.75) is 19.9 Å². The van der Waals surface area contributed by atoms with E-state index in [2.05, 4.69) is 21.2 Å². The molecule has 6 nitrogen and oxygen atoms in total. The molecule has 24 heavy (non-hydrogen) atoms. The molecule has 2 aromatic carbocycles. The molecule has 0 atom stereocenters. The van der Waals surface area contributed by atoms with E-state index in [9.17, 15) is 14.9 Å². The summed E-state index contributed by atoms with van der Waals surface area (Å²) in [6.45, 7) is 2.42. The lowest BCUT2D eigenvalue weighted by atomic mass is 10.1. The molecule has 7 heteroatoms. The minimum atomic E-state index is -0.489. The first-order chi connectivity index (χ1) is 11.5. The molecule has 0 unspecified atom stereocenters. The fourth-order valence-electron chi connectivity index (χ4n) is 2.72. The standard InChI is InChI=1S/C17H15BrN2O4/c1-10(21)11-2-3-15(16(8-11)20(22)23)19-9-13-7-14(18)6-12-4-5-24-17(12)13/h2-3,6-8,19H,4-5,9H2,1H3. The number of rotatable bonds is 5. The van der Waals surface area contributed by atoms with Crippen LogP contribution in [0.15, 0.2) is 34.8 Å². The summed E-state index contributed by atoms with van der Waals surface area (Å²) >= 11 is 3.48. The lowest BCUT2D eigenvalue weighted by Gasteiger charge is -2.12. The number of ether oxygens (including phenoxy) is 1. The van der Waals surface area contributed by atoms with Crippen molar-refractivity contribution in [1.29, 1.82) is 0 Å². The van der Waals surface area contributed by atoms with Crippen molar-refractivity contribution in [1.82, 2.24) is 0 Å². The second-order valence-corrected chi connectivity index (χ2v) is 6.47. The average Bonchev–Trinajstić information content (AvgIpc) is 3.00.